The molecule has 2 atom stereocenters. The molecule has 0 radical (unpaired) electrons. The maximum absolute atomic E-state index is 12.2. The lowest BCUT2D eigenvalue weighted by atomic mass is 10.2. The molecule has 2 rings (SSSR count). The number of rotatable bonds is 6. The molecule has 6 heteroatoms. The van der Waals surface area contributed by atoms with E-state index in [-0.39, 0.29) is 18.1 Å². The van der Waals surface area contributed by atoms with E-state index in [1.165, 1.54) is 0 Å². The zero-order valence-electron chi connectivity index (χ0n) is 14.3. The summed E-state index contributed by atoms with van der Waals surface area (Å²) in [6.45, 7) is 6.58. The van der Waals surface area contributed by atoms with Gasteiger partial charge in [0.1, 0.15) is 11.5 Å². The molecule has 1 aliphatic rings. The Kier molecular flexibility index (Phi) is 6.24. The fraction of sp³-hybridized carbons (Fsp3) is 0.588. The van der Waals surface area contributed by atoms with E-state index in [0.29, 0.717) is 23.6 Å². The number of benzene rings is 1. The van der Waals surface area contributed by atoms with Gasteiger partial charge in [0, 0.05) is 49.9 Å². The summed E-state index contributed by atoms with van der Waals surface area (Å²) in [5.74, 6) is 1.28. The zero-order valence-corrected chi connectivity index (χ0v) is 14.3. The van der Waals surface area contributed by atoms with Crippen molar-refractivity contribution in [2.75, 3.05) is 39.2 Å². The fourth-order valence-electron chi connectivity index (χ4n) is 2.83. The number of hydrogen-bond acceptors (Lipinski definition) is 5. The highest BCUT2D eigenvalue weighted by atomic mass is 16.5. The monoisotopic (exact) mass is 322 g/mol. The molecule has 1 aromatic carbocycles. The molecule has 1 aliphatic heterocycles. The molecule has 23 heavy (non-hydrogen) atoms. The molecule has 0 saturated carbocycles. The first kappa shape index (κ1) is 17.6. The smallest absolute Gasteiger partial charge is 0.225 e. The summed E-state index contributed by atoms with van der Waals surface area (Å²) >= 11 is 0. The van der Waals surface area contributed by atoms with Crippen LogP contribution in [0.25, 0.3) is 0 Å². The van der Waals surface area contributed by atoms with Crippen molar-refractivity contribution >= 4 is 11.6 Å². The topological polar surface area (TPSA) is 60.0 Å². The molecule has 1 aromatic rings. The van der Waals surface area contributed by atoms with Crippen molar-refractivity contribution < 1.29 is 19.0 Å². The van der Waals surface area contributed by atoms with Crippen molar-refractivity contribution in [3.8, 4) is 11.5 Å². The van der Waals surface area contributed by atoms with E-state index in [1.807, 2.05) is 0 Å². The normalized spacial score (nSPS) is 21.7. The average Bonchev–Trinajstić information content (AvgIpc) is 2.51. The van der Waals surface area contributed by atoms with Crippen molar-refractivity contribution in [3.05, 3.63) is 18.2 Å². The van der Waals surface area contributed by atoms with E-state index in [0.717, 1.165) is 19.6 Å². The molecule has 1 saturated heterocycles. The Bertz CT molecular complexity index is 503. The van der Waals surface area contributed by atoms with Crippen molar-refractivity contribution in [2.24, 2.45) is 0 Å². The molecule has 0 aliphatic carbocycles. The zero-order chi connectivity index (χ0) is 16.8. The van der Waals surface area contributed by atoms with Crippen LogP contribution in [0.4, 0.5) is 5.69 Å². The Morgan fingerprint density at radius 3 is 2.26 bits per heavy atom. The van der Waals surface area contributed by atoms with Gasteiger partial charge in [-0.1, -0.05) is 0 Å². The Balaban J connectivity index is 1.87. The van der Waals surface area contributed by atoms with Gasteiger partial charge in [0.25, 0.3) is 0 Å². The van der Waals surface area contributed by atoms with Crippen LogP contribution < -0.4 is 14.8 Å². The number of amides is 1. The Labute approximate surface area is 137 Å². The molecule has 128 valence electrons. The minimum Gasteiger partial charge on any atom is -0.497 e. The molecule has 6 nitrogen and oxygen atoms in total. The first-order valence-corrected chi connectivity index (χ1v) is 7.91. The number of carbonyl (C=O) groups is 1. The minimum atomic E-state index is -0.0212. The number of nitrogens with one attached hydrogen (secondary N) is 1. The number of morpholine rings is 1. The molecule has 0 bridgehead atoms. The summed E-state index contributed by atoms with van der Waals surface area (Å²) in [6, 6.07) is 5.32. The van der Waals surface area contributed by atoms with Crippen LogP contribution in [0.5, 0.6) is 11.5 Å². The van der Waals surface area contributed by atoms with Gasteiger partial charge in [-0.25, -0.2) is 0 Å². The van der Waals surface area contributed by atoms with Crippen LogP contribution in [-0.4, -0.2) is 56.9 Å². The van der Waals surface area contributed by atoms with Crippen molar-refractivity contribution in [3.63, 3.8) is 0 Å². The van der Waals surface area contributed by atoms with E-state index in [9.17, 15) is 4.79 Å². The summed E-state index contributed by atoms with van der Waals surface area (Å²) < 4.78 is 16.1. The van der Waals surface area contributed by atoms with Gasteiger partial charge in [0.15, 0.2) is 0 Å². The number of methoxy groups -OCH3 is 2. The predicted octanol–water partition coefficient (Wildman–Crippen LogP) is 2.14. The van der Waals surface area contributed by atoms with Gasteiger partial charge in [0.2, 0.25) is 5.91 Å². The van der Waals surface area contributed by atoms with Crippen LogP contribution in [0.3, 0.4) is 0 Å². The summed E-state index contributed by atoms with van der Waals surface area (Å²) in [7, 11) is 3.17. The van der Waals surface area contributed by atoms with E-state index < -0.39 is 0 Å². The highest BCUT2D eigenvalue weighted by Crippen LogP contribution is 2.25. The number of carbonyl (C=O) groups excluding carboxylic acids is 1. The van der Waals surface area contributed by atoms with Crippen LogP contribution in [0.1, 0.15) is 20.3 Å². The van der Waals surface area contributed by atoms with Crippen molar-refractivity contribution in [1.82, 2.24) is 4.90 Å². The van der Waals surface area contributed by atoms with E-state index in [2.05, 4.69) is 24.1 Å². The van der Waals surface area contributed by atoms with Crippen LogP contribution in [0.2, 0.25) is 0 Å². The maximum Gasteiger partial charge on any atom is 0.225 e. The summed E-state index contributed by atoms with van der Waals surface area (Å²) in [5.41, 5.74) is 0.676. The Morgan fingerprint density at radius 1 is 1.17 bits per heavy atom. The number of ether oxygens (including phenoxy) is 3. The maximum atomic E-state index is 12.2. The SMILES string of the molecule is COc1cc(NC(=O)CCN2C[C@H](C)O[C@@H](C)C2)cc(OC)c1. The van der Waals surface area contributed by atoms with Crippen molar-refractivity contribution in [2.45, 2.75) is 32.5 Å². The quantitative estimate of drug-likeness (QED) is 0.869. The van der Waals surface area contributed by atoms with Crippen LogP contribution >= 0.6 is 0 Å². The van der Waals surface area contributed by atoms with Gasteiger partial charge in [0.05, 0.1) is 26.4 Å². The first-order valence-electron chi connectivity index (χ1n) is 7.91. The van der Waals surface area contributed by atoms with Gasteiger partial charge >= 0.3 is 0 Å². The number of anilines is 1. The third-order valence-corrected chi connectivity index (χ3v) is 3.79. The second kappa shape index (κ2) is 8.17. The third-order valence-electron chi connectivity index (χ3n) is 3.79. The Morgan fingerprint density at radius 2 is 1.74 bits per heavy atom. The van der Waals surface area contributed by atoms with E-state index in [4.69, 9.17) is 14.2 Å². The molecule has 1 heterocycles. The van der Waals surface area contributed by atoms with Gasteiger partial charge in [-0.3, -0.25) is 9.69 Å². The number of nitrogens with zero attached hydrogens (tertiary/aromatic N) is 1. The lowest BCUT2D eigenvalue weighted by Gasteiger charge is -2.35. The minimum absolute atomic E-state index is 0.0212. The van der Waals surface area contributed by atoms with Crippen molar-refractivity contribution in [1.29, 1.82) is 0 Å². The van der Waals surface area contributed by atoms with Crippen LogP contribution in [0, 0.1) is 0 Å². The van der Waals surface area contributed by atoms with Gasteiger partial charge in [-0.05, 0) is 13.8 Å². The first-order chi connectivity index (χ1) is 11.0. The standard InChI is InChI=1S/C17H26N2O4/c1-12-10-19(11-13(2)23-12)6-5-17(20)18-14-7-15(21-3)9-16(8-14)22-4/h7-9,12-13H,5-6,10-11H2,1-4H3,(H,18,20)/t12-,13-/m0/s1. The molecule has 1 N–H and O–H groups in total. The lowest BCUT2D eigenvalue weighted by molar-refractivity contribution is -0.117. The van der Waals surface area contributed by atoms with Crippen LogP contribution in [-0.2, 0) is 9.53 Å². The lowest BCUT2D eigenvalue weighted by Crippen LogP contribution is -2.46. The molecule has 1 fully saturated rings. The summed E-state index contributed by atoms with van der Waals surface area (Å²) in [4.78, 5) is 14.4. The highest BCUT2D eigenvalue weighted by molar-refractivity contribution is 5.91. The molecule has 0 spiro atoms. The summed E-state index contributed by atoms with van der Waals surface area (Å²) in [5, 5.41) is 2.90. The fourth-order valence-corrected chi connectivity index (χ4v) is 2.83. The Hall–Kier alpha value is -1.79. The number of hydrogen-bond donors (Lipinski definition) is 1. The second-order valence-electron chi connectivity index (χ2n) is 5.92. The second-order valence-corrected chi connectivity index (χ2v) is 5.92. The molecule has 1 amide bonds. The average molecular weight is 322 g/mol. The molecular weight excluding hydrogens is 296 g/mol. The molecule has 0 unspecified atom stereocenters. The molecule has 0 aromatic heterocycles. The van der Waals surface area contributed by atoms with Gasteiger partial charge in [-0.15, -0.1) is 0 Å². The molecular formula is C17H26N2O4. The van der Waals surface area contributed by atoms with Gasteiger partial charge in [-0.2, -0.15) is 0 Å². The van der Waals surface area contributed by atoms with E-state index >= 15 is 0 Å². The summed E-state index contributed by atoms with van der Waals surface area (Å²) in [6.07, 6.45) is 0.868. The highest BCUT2D eigenvalue weighted by Gasteiger charge is 2.22. The van der Waals surface area contributed by atoms with E-state index in [1.54, 1.807) is 32.4 Å². The largest absolute Gasteiger partial charge is 0.497 e. The van der Waals surface area contributed by atoms with Gasteiger partial charge < -0.3 is 19.5 Å². The third kappa shape index (κ3) is 5.41. The predicted molar refractivity (Wildman–Crippen MR) is 89.2 cm³/mol. The van der Waals surface area contributed by atoms with Crippen LogP contribution in [0.15, 0.2) is 18.2 Å².